The number of methoxy groups -OCH3 is 1. The molecule has 0 aliphatic rings. The molecule has 154 valence electrons. The van der Waals surface area contributed by atoms with Crippen LogP contribution < -0.4 is 10.1 Å². The maximum absolute atomic E-state index is 12.3. The van der Waals surface area contributed by atoms with Crippen molar-refractivity contribution in [2.75, 3.05) is 19.4 Å². The van der Waals surface area contributed by atoms with Crippen molar-refractivity contribution in [3.8, 4) is 11.5 Å². The molecule has 4 N–H and O–H groups in total. The van der Waals surface area contributed by atoms with Crippen LogP contribution in [0.15, 0.2) is 46.6 Å². The number of carbonyl (C=O) groups excluding carboxylic acids is 1. The van der Waals surface area contributed by atoms with Crippen molar-refractivity contribution in [2.45, 2.75) is 0 Å². The molecule has 0 atom stereocenters. The maximum atomic E-state index is 12.3. The molecule has 0 spiro atoms. The van der Waals surface area contributed by atoms with Gasteiger partial charge in [0.25, 0.3) is 16.0 Å². The minimum Gasteiger partial charge on any atom is -0.507 e. The van der Waals surface area contributed by atoms with Crippen molar-refractivity contribution in [3.63, 3.8) is 0 Å². The van der Waals surface area contributed by atoms with Gasteiger partial charge in [0.15, 0.2) is 0 Å². The molecule has 0 saturated heterocycles. The molecule has 0 bridgehead atoms. The molecular formula is C17H17N3O8S. The van der Waals surface area contributed by atoms with Crippen molar-refractivity contribution >= 4 is 33.4 Å². The van der Waals surface area contributed by atoms with Crippen LogP contribution in [0.3, 0.4) is 0 Å². The fourth-order valence-corrected chi connectivity index (χ4v) is 2.56. The number of hydrogen-bond donors (Lipinski definition) is 4. The number of carboxylic acid groups (broad SMARTS) is 1. The number of rotatable bonds is 8. The summed E-state index contributed by atoms with van der Waals surface area (Å²) < 4.78 is 35.3. The highest BCUT2D eigenvalue weighted by Gasteiger charge is 2.15. The Morgan fingerprint density at radius 2 is 1.66 bits per heavy atom. The highest BCUT2D eigenvalue weighted by atomic mass is 32.2. The van der Waals surface area contributed by atoms with Gasteiger partial charge in [0.05, 0.1) is 29.8 Å². The van der Waals surface area contributed by atoms with Gasteiger partial charge in [0.2, 0.25) is 0 Å². The summed E-state index contributed by atoms with van der Waals surface area (Å²) in [6.07, 6.45) is 0. The summed E-state index contributed by atoms with van der Waals surface area (Å²) >= 11 is 0. The molecule has 2 aromatic rings. The highest BCUT2D eigenvalue weighted by Crippen LogP contribution is 2.28. The van der Waals surface area contributed by atoms with Crippen LogP contribution in [0.25, 0.3) is 0 Å². The zero-order chi connectivity index (χ0) is 21.6. The minimum absolute atomic E-state index is 0.0521. The van der Waals surface area contributed by atoms with E-state index in [-0.39, 0.29) is 34.8 Å². The van der Waals surface area contributed by atoms with Gasteiger partial charge in [-0.1, -0.05) is 0 Å². The van der Waals surface area contributed by atoms with Crippen LogP contribution in [-0.2, 0) is 10.1 Å². The van der Waals surface area contributed by atoms with Gasteiger partial charge in [-0.3, -0.25) is 9.35 Å². The molecule has 0 saturated carbocycles. The van der Waals surface area contributed by atoms with Crippen LogP contribution in [0, 0.1) is 0 Å². The van der Waals surface area contributed by atoms with Crippen LogP contribution in [0.2, 0.25) is 0 Å². The molecule has 0 aromatic heterocycles. The van der Waals surface area contributed by atoms with E-state index in [1.165, 1.54) is 37.4 Å². The lowest BCUT2D eigenvalue weighted by Gasteiger charge is -2.09. The first-order valence-corrected chi connectivity index (χ1v) is 9.61. The normalized spacial score (nSPS) is 11.4. The number of hydrogen-bond acceptors (Lipinski definition) is 8. The predicted octanol–water partition coefficient (Wildman–Crippen LogP) is 2.13. The lowest BCUT2D eigenvalue weighted by Crippen LogP contribution is -2.29. The zero-order valence-electron chi connectivity index (χ0n) is 15.1. The third kappa shape index (κ3) is 6.26. The number of benzene rings is 2. The van der Waals surface area contributed by atoms with Gasteiger partial charge in [0.1, 0.15) is 17.1 Å². The Hall–Kier alpha value is -3.51. The van der Waals surface area contributed by atoms with Gasteiger partial charge >= 0.3 is 5.97 Å². The summed E-state index contributed by atoms with van der Waals surface area (Å²) in [6, 6.07) is 7.94. The molecule has 0 radical (unpaired) electrons. The summed E-state index contributed by atoms with van der Waals surface area (Å²) in [5, 5.41) is 28.6. The van der Waals surface area contributed by atoms with E-state index in [9.17, 15) is 23.1 Å². The Morgan fingerprint density at radius 3 is 2.21 bits per heavy atom. The number of aromatic hydroxyl groups is 1. The van der Waals surface area contributed by atoms with Crippen LogP contribution in [-0.4, -0.2) is 54.5 Å². The maximum Gasteiger partial charge on any atom is 0.339 e. The number of ether oxygens (including phenoxy) is 1. The number of nitrogens with zero attached hydrogens (tertiary/aromatic N) is 2. The molecule has 29 heavy (non-hydrogen) atoms. The van der Waals surface area contributed by atoms with Gasteiger partial charge in [-0.25, -0.2) is 4.79 Å². The van der Waals surface area contributed by atoms with Gasteiger partial charge < -0.3 is 20.3 Å². The molecule has 2 rings (SSSR count). The molecule has 0 fully saturated rings. The van der Waals surface area contributed by atoms with E-state index in [0.717, 1.165) is 6.07 Å². The molecule has 2 aromatic carbocycles. The first kappa shape index (κ1) is 21.8. The van der Waals surface area contributed by atoms with Crippen LogP contribution in [0.5, 0.6) is 11.5 Å². The standard InChI is InChI=1S/C17H17N3O8S/c1-28-15-5-3-11(9-13(15)16(22)18-6-7-29(25,26)27)20-19-10-2-4-14(21)12(8-10)17(23)24/h2-5,8-9,21H,6-7H2,1H3,(H,18,22)(H,23,24)(H,25,26,27)/b20-19+. The molecular weight excluding hydrogens is 406 g/mol. The van der Waals surface area contributed by atoms with E-state index in [1.807, 2.05) is 0 Å². The SMILES string of the molecule is COc1ccc(/N=N/c2ccc(O)c(C(=O)O)c2)cc1C(=O)NCCS(=O)(=O)O. The van der Waals surface area contributed by atoms with E-state index < -0.39 is 33.5 Å². The van der Waals surface area contributed by atoms with E-state index in [4.69, 9.17) is 14.4 Å². The van der Waals surface area contributed by atoms with Crippen LogP contribution in [0.1, 0.15) is 20.7 Å². The van der Waals surface area contributed by atoms with Crippen molar-refractivity contribution < 1.29 is 37.5 Å². The molecule has 0 aliphatic heterocycles. The minimum atomic E-state index is -4.22. The molecule has 12 heteroatoms. The summed E-state index contributed by atoms with van der Waals surface area (Å²) in [4.78, 5) is 23.3. The smallest absolute Gasteiger partial charge is 0.339 e. The van der Waals surface area contributed by atoms with E-state index >= 15 is 0 Å². The molecule has 0 aliphatic carbocycles. The third-order valence-electron chi connectivity index (χ3n) is 3.56. The monoisotopic (exact) mass is 423 g/mol. The Labute approximate surface area is 165 Å². The van der Waals surface area contributed by atoms with Crippen molar-refractivity contribution in [2.24, 2.45) is 10.2 Å². The topological polar surface area (TPSA) is 175 Å². The summed E-state index contributed by atoms with van der Waals surface area (Å²) in [6.45, 7) is -0.307. The van der Waals surface area contributed by atoms with Gasteiger partial charge in [-0.15, -0.1) is 0 Å². The second kappa shape index (κ2) is 9.12. The second-order valence-electron chi connectivity index (χ2n) is 5.63. The summed E-state index contributed by atoms with van der Waals surface area (Å²) in [5.74, 6) is -2.84. The molecule has 11 nitrogen and oxygen atoms in total. The van der Waals surface area contributed by atoms with Gasteiger partial charge in [-0.05, 0) is 36.4 Å². The molecule has 0 unspecified atom stereocenters. The number of azo groups is 1. The zero-order valence-corrected chi connectivity index (χ0v) is 15.9. The van der Waals surface area contributed by atoms with Crippen LogP contribution >= 0.6 is 0 Å². The van der Waals surface area contributed by atoms with E-state index in [2.05, 4.69) is 15.5 Å². The van der Waals surface area contributed by atoms with Crippen LogP contribution in [0.4, 0.5) is 11.4 Å². The Balaban J connectivity index is 2.23. The van der Waals surface area contributed by atoms with E-state index in [0.29, 0.717) is 0 Å². The summed E-state index contributed by atoms with van der Waals surface area (Å²) in [5.41, 5.74) is 0.108. The number of aromatic carboxylic acids is 1. The van der Waals surface area contributed by atoms with Crippen molar-refractivity contribution in [1.29, 1.82) is 0 Å². The Kier molecular flexibility index (Phi) is 6.85. The van der Waals surface area contributed by atoms with Crippen molar-refractivity contribution in [3.05, 3.63) is 47.5 Å². The third-order valence-corrected chi connectivity index (χ3v) is 4.28. The van der Waals surface area contributed by atoms with Gasteiger partial charge in [0, 0.05) is 6.54 Å². The number of carboxylic acids is 1. The Bertz CT molecular complexity index is 1070. The number of carbonyl (C=O) groups is 2. The first-order valence-electron chi connectivity index (χ1n) is 8.00. The average molecular weight is 423 g/mol. The molecule has 0 heterocycles. The number of amides is 1. The number of nitrogens with one attached hydrogen (secondary N) is 1. The molecule has 1 amide bonds. The van der Waals surface area contributed by atoms with Crippen molar-refractivity contribution in [1.82, 2.24) is 5.32 Å². The predicted molar refractivity (Wildman–Crippen MR) is 101 cm³/mol. The van der Waals surface area contributed by atoms with E-state index in [1.54, 1.807) is 0 Å². The fourth-order valence-electron chi connectivity index (χ4n) is 2.20. The number of phenols is 1. The average Bonchev–Trinajstić information content (AvgIpc) is 2.65. The largest absolute Gasteiger partial charge is 0.507 e. The summed E-state index contributed by atoms with van der Waals surface area (Å²) in [7, 11) is -2.87. The fraction of sp³-hybridized carbons (Fsp3) is 0.176. The Morgan fingerprint density at radius 1 is 1.07 bits per heavy atom. The highest BCUT2D eigenvalue weighted by molar-refractivity contribution is 7.85. The van der Waals surface area contributed by atoms with Gasteiger partial charge in [-0.2, -0.15) is 18.6 Å². The first-order chi connectivity index (χ1) is 13.6. The second-order valence-corrected chi connectivity index (χ2v) is 7.21. The lowest BCUT2D eigenvalue weighted by molar-refractivity contribution is 0.0693. The quantitative estimate of drug-likeness (QED) is 0.369. The lowest BCUT2D eigenvalue weighted by atomic mass is 10.1.